The fourth-order valence-electron chi connectivity index (χ4n) is 2.63. The molecule has 5 heteroatoms. The molecule has 1 atom stereocenters. The molecule has 108 valence electrons. The average Bonchev–Trinajstić information content (AvgIpc) is 3.04. The highest BCUT2D eigenvalue weighted by Crippen LogP contribution is 2.30. The molecule has 1 aliphatic carbocycles. The third-order valence-corrected chi connectivity index (χ3v) is 3.81. The molecule has 0 spiro atoms. The summed E-state index contributed by atoms with van der Waals surface area (Å²) in [4.78, 5) is 0. The molecule has 2 aromatic rings. The molecule has 0 aliphatic heterocycles. The van der Waals surface area contributed by atoms with Gasteiger partial charge in [0.05, 0.1) is 23.7 Å². The molecule has 1 unspecified atom stereocenters. The topological polar surface area (TPSA) is 55.9 Å². The van der Waals surface area contributed by atoms with Crippen molar-refractivity contribution in [2.24, 2.45) is 0 Å². The molecule has 3 rings (SSSR count). The number of fused-ring (bicyclic) bond motifs is 1. The van der Waals surface area contributed by atoms with E-state index in [2.05, 4.69) is 42.5 Å². The minimum absolute atomic E-state index is 0.0200. The van der Waals surface area contributed by atoms with Gasteiger partial charge in [-0.3, -0.25) is 0 Å². The van der Waals surface area contributed by atoms with E-state index in [-0.39, 0.29) is 5.54 Å². The summed E-state index contributed by atoms with van der Waals surface area (Å²) >= 11 is 0. The number of aromatic nitrogens is 3. The summed E-state index contributed by atoms with van der Waals surface area (Å²) in [6, 6.07) is 2.45. The second-order valence-corrected chi connectivity index (χ2v) is 6.45. The van der Waals surface area contributed by atoms with Crippen LogP contribution in [-0.4, -0.2) is 15.0 Å². The third-order valence-electron chi connectivity index (χ3n) is 3.81. The highest BCUT2D eigenvalue weighted by Gasteiger charge is 2.22. The van der Waals surface area contributed by atoms with Crippen molar-refractivity contribution in [3.8, 4) is 0 Å². The molecular formula is C15H22N4O. The number of furan rings is 1. The molecule has 2 aromatic heterocycles. The van der Waals surface area contributed by atoms with Crippen molar-refractivity contribution in [1.29, 1.82) is 0 Å². The standard InChI is InChI=1S/C15H22N4O/c1-15(2,3)19-10-11(17-18-19)9-16-13-5-4-6-14-12(13)7-8-20-14/h7-8,10,13,16H,4-6,9H2,1-3H3. The van der Waals surface area contributed by atoms with Crippen LogP contribution in [0.2, 0.25) is 0 Å². The molecule has 0 saturated carbocycles. The SMILES string of the molecule is CC(C)(C)n1cc(CNC2CCCc3occc32)nn1. The minimum atomic E-state index is -0.0200. The van der Waals surface area contributed by atoms with Crippen molar-refractivity contribution in [2.45, 2.75) is 58.2 Å². The molecule has 1 N–H and O–H groups in total. The first kappa shape index (κ1) is 13.4. The first-order chi connectivity index (χ1) is 9.54. The Morgan fingerprint density at radius 1 is 1.45 bits per heavy atom. The van der Waals surface area contributed by atoms with Crippen LogP contribution in [0.25, 0.3) is 0 Å². The molecule has 0 fully saturated rings. The Kier molecular flexibility index (Phi) is 3.38. The zero-order valence-corrected chi connectivity index (χ0v) is 12.4. The van der Waals surface area contributed by atoms with E-state index in [1.807, 2.05) is 10.9 Å². The van der Waals surface area contributed by atoms with Crippen molar-refractivity contribution in [1.82, 2.24) is 20.3 Å². The van der Waals surface area contributed by atoms with Crippen LogP contribution in [0.3, 0.4) is 0 Å². The van der Waals surface area contributed by atoms with Gasteiger partial charge >= 0.3 is 0 Å². The fraction of sp³-hybridized carbons (Fsp3) is 0.600. The van der Waals surface area contributed by atoms with E-state index < -0.39 is 0 Å². The number of hydrogen-bond donors (Lipinski definition) is 1. The summed E-state index contributed by atoms with van der Waals surface area (Å²) in [5.74, 6) is 1.13. The Labute approximate surface area is 119 Å². The summed E-state index contributed by atoms with van der Waals surface area (Å²) in [7, 11) is 0. The maximum atomic E-state index is 5.51. The van der Waals surface area contributed by atoms with E-state index >= 15 is 0 Å². The van der Waals surface area contributed by atoms with Gasteiger partial charge in [0.1, 0.15) is 5.76 Å². The summed E-state index contributed by atoms with van der Waals surface area (Å²) < 4.78 is 7.43. The van der Waals surface area contributed by atoms with Crippen LogP contribution in [0.15, 0.2) is 22.9 Å². The van der Waals surface area contributed by atoms with Gasteiger partial charge in [0, 0.05) is 24.6 Å². The van der Waals surface area contributed by atoms with Crippen LogP contribution >= 0.6 is 0 Å². The molecular weight excluding hydrogens is 252 g/mol. The minimum Gasteiger partial charge on any atom is -0.469 e. The molecule has 0 aromatic carbocycles. The summed E-state index contributed by atoms with van der Waals surface area (Å²) in [6.07, 6.45) is 7.19. The molecule has 0 amide bonds. The van der Waals surface area contributed by atoms with Gasteiger partial charge in [-0.2, -0.15) is 0 Å². The number of rotatable bonds is 3. The number of nitrogens with one attached hydrogen (secondary N) is 1. The third kappa shape index (κ3) is 2.63. The van der Waals surface area contributed by atoms with Crippen LogP contribution in [0, 0.1) is 0 Å². The van der Waals surface area contributed by atoms with Crippen LogP contribution in [0.5, 0.6) is 0 Å². The van der Waals surface area contributed by atoms with Gasteiger partial charge in [-0.05, 0) is 39.7 Å². The Morgan fingerprint density at radius 3 is 3.05 bits per heavy atom. The van der Waals surface area contributed by atoms with Crippen molar-refractivity contribution in [3.05, 3.63) is 35.5 Å². The zero-order valence-electron chi connectivity index (χ0n) is 12.4. The van der Waals surface area contributed by atoms with Crippen molar-refractivity contribution >= 4 is 0 Å². The molecule has 0 radical (unpaired) electrons. The lowest BCUT2D eigenvalue weighted by Crippen LogP contribution is -2.24. The second kappa shape index (κ2) is 5.05. The highest BCUT2D eigenvalue weighted by atomic mass is 16.3. The quantitative estimate of drug-likeness (QED) is 0.935. The van der Waals surface area contributed by atoms with Crippen molar-refractivity contribution < 1.29 is 4.42 Å². The van der Waals surface area contributed by atoms with Crippen molar-refractivity contribution in [3.63, 3.8) is 0 Å². The predicted octanol–water partition coefficient (Wildman–Crippen LogP) is 2.79. The Morgan fingerprint density at radius 2 is 2.30 bits per heavy atom. The van der Waals surface area contributed by atoms with Gasteiger partial charge in [-0.25, -0.2) is 4.68 Å². The zero-order chi connectivity index (χ0) is 14.2. The maximum absolute atomic E-state index is 5.51. The molecule has 1 aliphatic rings. The van der Waals surface area contributed by atoms with Gasteiger partial charge in [0.2, 0.25) is 0 Å². The van der Waals surface area contributed by atoms with Crippen LogP contribution < -0.4 is 5.32 Å². The lowest BCUT2D eigenvalue weighted by molar-refractivity contribution is 0.346. The lowest BCUT2D eigenvalue weighted by Gasteiger charge is -2.22. The number of nitrogens with zero attached hydrogens (tertiary/aromatic N) is 3. The van der Waals surface area contributed by atoms with Crippen LogP contribution in [0.4, 0.5) is 0 Å². The highest BCUT2D eigenvalue weighted by molar-refractivity contribution is 5.24. The van der Waals surface area contributed by atoms with Gasteiger partial charge in [0.25, 0.3) is 0 Å². The number of aryl methyl sites for hydroxylation is 1. The Bertz CT molecular complexity index is 579. The lowest BCUT2D eigenvalue weighted by atomic mass is 9.93. The van der Waals surface area contributed by atoms with E-state index in [4.69, 9.17) is 4.42 Å². The van der Waals surface area contributed by atoms with Gasteiger partial charge in [-0.15, -0.1) is 5.10 Å². The van der Waals surface area contributed by atoms with E-state index in [1.165, 1.54) is 12.0 Å². The van der Waals surface area contributed by atoms with E-state index in [0.29, 0.717) is 6.04 Å². The monoisotopic (exact) mass is 274 g/mol. The normalized spacial score (nSPS) is 19.1. The molecule has 5 nitrogen and oxygen atoms in total. The first-order valence-corrected chi connectivity index (χ1v) is 7.25. The first-order valence-electron chi connectivity index (χ1n) is 7.25. The second-order valence-electron chi connectivity index (χ2n) is 6.45. The van der Waals surface area contributed by atoms with Gasteiger partial charge in [0.15, 0.2) is 0 Å². The van der Waals surface area contributed by atoms with Gasteiger partial charge in [-0.1, -0.05) is 5.21 Å². The van der Waals surface area contributed by atoms with E-state index in [0.717, 1.165) is 30.8 Å². The van der Waals surface area contributed by atoms with Crippen LogP contribution in [0.1, 0.15) is 56.7 Å². The smallest absolute Gasteiger partial charge is 0.108 e. The largest absolute Gasteiger partial charge is 0.469 e. The van der Waals surface area contributed by atoms with E-state index in [9.17, 15) is 0 Å². The Hall–Kier alpha value is -1.62. The Balaban J connectivity index is 1.65. The van der Waals surface area contributed by atoms with Gasteiger partial charge < -0.3 is 9.73 Å². The predicted molar refractivity (Wildman–Crippen MR) is 76.2 cm³/mol. The summed E-state index contributed by atoms with van der Waals surface area (Å²) in [6.45, 7) is 7.11. The molecule has 0 bridgehead atoms. The summed E-state index contributed by atoms with van der Waals surface area (Å²) in [5, 5.41) is 12.0. The molecule has 20 heavy (non-hydrogen) atoms. The van der Waals surface area contributed by atoms with Crippen LogP contribution in [-0.2, 0) is 18.5 Å². The fourth-order valence-corrected chi connectivity index (χ4v) is 2.63. The average molecular weight is 274 g/mol. The van der Waals surface area contributed by atoms with E-state index in [1.54, 1.807) is 6.26 Å². The number of hydrogen-bond acceptors (Lipinski definition) is 4. The molecule has 0 saturated heterocycles. The maximum Gasteiger partial charge on any atom is 0.108 e. The van der Waals surface area contributed by atoms with Crippen molar-refractivity contribution in [2.75, 3.05) is 0 Å². The molecule has 2 heterocycles. The summed E-state index contributed by atoms with van der Waals surface area (Å²) in [5.41, 5.74) is 2.27.